The molecule has 2 aromatic heterocycles. The summed E-state index contributed by atoms with van der Waals surface area (Å²) in [7, 11) is -2.00. The van der Waals surface area contributed by atoms with E-state index in [2.05, 4.69) is 26.1 Å². The Morgan fingerprint density at radius 1 is 1.27 bits per heavy atom. The lowest BCUT2D eigenvalue weighted by Crippen LogP contribution is -2.27. The van der Waals surface area contributed by atoms with E-state index < -0.39 is 10.0 Å². The first-order valence-corrected chi connectivity index (χ1v) is 9.32. The molecule has 7 nitrogen and oxygen atoms in total. The Balaban J connectivity index is 2.23. The lowest BCUT2D eigenvalue weighted by atomic mass is 10.4. The van der Waals surface area contributed by atoms with E-state index in [4.69, 9.17) is 0 Å². The molecule has 0 aliphatic carbocycles. The van der Waals surface area contributed by atoms with Gasteiger partial charge in [-0.2, -0.15) is 14.5 Å². The van der Waals surface area contributed by atoms with Gasteiger partial charge in [0.1, 0.15) is 4.90 Å². The predicted octanol–water partition coefficient (Wildman–Crippen LogP) is 2.09. The summed E-state index contributed by atoms with van der Waals surface area (Å²) in [6.07, 6.45) is 5.55. The lowest BCUT2D eigenvalue weighted by molar-refractivity contribution is 0.446. The second-order valence-corrected chi connectivity index (χ2v) is 7.85. The first-order valence-electron chi connectivity index (χ1n) is 7.09. The molecule has 0 bridgehead atoms. The van der Waals surface area contributed by atoms with Gasteiger partial charge >= 0.3 is 0 Å². The van der Waals surface area contributed by atoms with Gasteiger partial charge in [0.25, 0.3) is 0 Å². The molecule has 122 valence electrons. The molecule has 9 heteroatoms. The molecule has 0 aliphatic rings. The molecular formula is C13H20BrN5O2S. The molecular weight excluding hydrogens is 370 g/mol. The zero-order chi connectivity index (χ0) is 16.3. The normalized spacial score (nSPS) is 12.2. The molecule has 2 rings (SSSR count). The summed E-state index contributed by atoms with van der Waals surface area (Å²) in [5.74, 6) is 0. The van der Waals surface area contributed by atoms with Crippen molar-refractivity contribution in [2.45, 2.75) is 44.8 Å². The summed E-state index contributed by atoms with van der Waals surface area (Å²) in [5, 5.41) is 8.29. The van der Waals surface area contributed by atoms with Crippen LogP contribution in [0.1, 0.15) is 26.0 Å². The van der Waals surface area contributed by atoms with Crippen LogP contribution in [0.25, 0.3) is 0 Å². The molecule has 0 amide bonds. The number of nitrogens with zero attached hydrogens (tertiary/aromatic N) is 5. The molecule has 2 heterocycles. The van der Waals surface area contributed by atoms with Crippen LogP contribution in [0, 0.1) is 0 Å². The van der Waals surface area contributed by atoms with Crippen LogP contribution in [-0.2, 0) is 29.7 Å². The van der Waals surface area contributed by atoms with Gasteiger partial charge in [0, 0.05) is 26.3 Å². The fraction of sp³-hybridized carbons (Fsp3) is 0.538. The molecule has 0 saturated carbocycles. The Bertz CT molecular complexity index is 737. The van der Waals surface area contributed by atoms with E-state index in [0.29, 0.717) is 13.1 Å². The van der Waals surface area contributed by atoms with Crippen LogP contribution < -0.4 is 0 Å². The van der Waals surface area contributed by atoms with Gasteiger partial charge in [-0.25, -0.2) is 8.42 Å². The Morgan fingerprint density at radius 3 is 2.64 bits per heavy atom. The molecule has 0 fully saturated rings. The second-order valence-electron chi connectivity index (χ2n) is 4.96. The van der Waals surface area contributed by atoms with Crippen LogP contribution >= 0.6 is 15.9 Å². The topological polar surface area (TPSA) is 73.0 Å². The van der Waals surface area contributed by atoms with Gasteiger partial charge in [0.15, 0.2) is 0 Å². The highest BCUT2D eigenvalue weighted by Gasteiger charge is 2.24. The van der Waals surface area contributed by atoms with Gasteiger partial charge in [-0.05, 0) is 29.3 Å². The van der Waals surface area contributed by atoms with Gasteiger partial charge in [0.2, 0.25) is 10.0 Å². The molecule has 0 unspecified atom stereocenters. The van der Waals surface area contributed by atoms with Crippen LogP contribution in [0.2, 0.25) is 0 Å². The van der Waals surface area contributed by atoms with Crippen molar-refractivity contribution in [2.24, 2.45) is 0 Å². The standard InChI is InChI=1S/C13H20BrN5O2S/c1-4-6-18-9-11(7-15-18)22(20,21)17(3)10-13-12(14)8-16-19(13)5-2/h7-9H,4-6,10H2,1-3H3. The minimum absolute atomic E-state index is 0.210. The van der Waals surface area contributed by atoms with E-state index in [1.54, 1.807) is 28.8 Å². The molecule has 0 saturated heterocycles. The van der Waals surface area contributed by atoms with Gasteiger partial charge in [-0.15, -0.1) is 0 Å². The van der Waals surface area contributed by atoms with E-state index in [0.717, 1.165) is 16.6 Å². The third-order valence-corrected chi connectivity index (χ3v) is 5.76. The molecule has 0 aliphatic heterocycles. The van der Waals surface area contributed by atoms with Gasteiger partial charge in [-0.1, -0.05) is 6.92 Å². The molecule has 0 N–H and O–H groups in total. The van der Waals surface area contributed by atoms with Crippen molar-refractivity contribution in [3.05, 3.63) is 28.8 Å². The minimum atomic E-state index is -3.57. The van der Waals surface area contributed by atoms with Crippen LogP contribution in [0.4, 0.5) is 0 Å². The largest absolute Gasteiger partial charge is 0.271 e. The van der Waals surface area contributed by atoms with E-state index in [1.807, 2.05) is 13.8 Å². The molecule has 2 aromatic rings. The second kappa shape index (κ2) is 6.93. The molecule has 0 radical (unpaired) electrons. The fourth-order valence-electron chi connectivity index (χ4n) is 2.12. The van der Waals surface area contributed by atoms with Crippen molar-refractivity contribution in [2.75, 3.05) is 7.05 Å². The van der Waals surface area contributed by atoms with Crippen molar-refractivity contribution < 1.29 is 8.42 Å². The molecule has 0 spiro atoms. The Hall–Kier alpha value is -1.19. The van der Waals surface area contributed by atoms with Crippen LogP contribution in [-0.4, -0.2) is 39.3 Å². The lowest BCUT2D eigenvalue weighted by Gasteiger charge is -2.17. The highest BCUT2D eigenvalue weighted by Crippen LogP contribution is 2.21. The number of rotatable bonds is 7. The smallest absolute Gasteiger partial charge is 0.246 e. The maximum absolute atomic E-state index is 12.6. The number of hydrogen-bond acceptors (Lipinski definition) is 4. The van der Waals surface area contributed by atoms with Crippen LogP contribution in [0.3, 0.4) is 0 Å². The zero-order valence-corrected chi connectivity index (χ0v) is 15.3. The summed E-state index contributed by atoms with van der Waals surface area (Å²) in [6.45, 7) is 5.62. The Morgan fingerprint density at radius 2 is 2.00 bits per heavy atom. The van der Waals surface area contributed by atoms with Gasteiger partial charge < -0.3 is 0 Å². The van der Waals surface area contributed by atoms with Crippen molar-refractivity contribution in [3.63, 3.8) is 0 Å². The number of halogens is 1. The van der Waals surface area contributed by atoms with E-state index in [-0.39, 0.29) is 11.4 Å². The number of hydrogen-bond donors (Lipinski definition) is 0. The highest BCUT2D eigenvalue weighted by molar-refractivity contribution is 9.10. The third-order valence-electron chi connectivity index (χ3n) is 3.34. The maximum Gasteiger partial charge on any atom is 0.246 e. The van der Waals surface area contributed by atoms with Crippen LogP contribution in [0.15, 0.2) is 28.0 Å². The highest BCUT2D eigenvalue weighted by atomic mass is 79.9. The van der Waals surface area contributed by atoms with Crippen LogP contribution in [0.5, 0.6) is 0 Å². The summed E-state index contributed by atoms with van der Waals surface area (Å²) in [4.78, 5) is 0.210. The maximum atomic E-state index is 12.6. The Labute approximate surface area is 139 Å². The predicted molar refractivity (Wildman–Crippen MR) is 86.8 cm³/mol. The number of sulfonamides is 1. The average Bonchev–Trinajstić information content (AvgIpc) is 3.08. The SMILES string of the molecule is CCCn1cc(S(=O)(=O)N(C)Cc2c(Br)cnn2CC)cn1. The number of aromatic nitrogens is 4. The molecule has 22 heavy (non-hydrogen) atoms. The summed E-state index contributed by atoms with van der Waals surface area (Å²) >= 11 is 3.41. The van der Waals surface area contributed by atoms with Crippen molar-refractivity contribution >= 4 is 26.0 Å². The first-order chi connectivity index (χ1) is 10.4. The summed E-state index contributed by atoms with van der Waals surface area (Å²) in [5.41, 5.74) is 0.828. The first kappa shape index (κ1) is 17.2. The van der Waals surface area contributed by atoms with Gasteiger partial charge in [-0.3, -0.25) is 9.36 Å². The molecule has 0 atom stereocenters. The third kappa shape index (κ3) is 3.41. The number of aryl methyl sites for hydroxylation is 2. The average molecular weight is 390 g/mol. The van der Waals surface area contributed by atoms with E-state index >= 15 is 0 Å². The van der Waals surface area contributed by atoms with E-state index in [9.17, 15) is 8.42 Å². The zero-order valence-electron chi connectivity index (χ0n) is 12.9. The van der Waals surface area contributed by atoms with E-state index in [1.165, 1.54) is 10.5 Å². The monoisotopic (exact) mass is 389 g/mol. The quantitative estimate of drug-likeness (QED) is 0.726. The fourth-order valence-corrected chi connectivity index (χ4v) is 3.63. The molecule has 0 aromatic carbocycles. The summed E-state index contributed by atoms with van der Waals surface area (Å²) < 4.78 is 30.8. The van der Waals surface area contributed by atoms with Gasteiger partial charge in [0.05, 0.1) is 29.1 Å². The van der Waals surface area contributed by atoms with Crippen molar-refractivity contribution in [1.29, 1.82) is 0 Å². The minimum Gasteiger partial charge on any atom is -0.271 e. The summed E-state index contributed by atoms with van der Waals surface area (Å²) in [6, 6.07) is 0. The van der Waals surface area contributed by atoms with Crippen molar-refractivity contribution in [3.8, 4) is 0 Å². The Kier molecular flexibility index (Phi) is 5.41. The van der Waals surface area contributed by atoms with Crippen molar-refractivity contribution in [1.82, 2.24) is 23.9 Å².